The topological polar surface area (TPSA) is 24.9 Å². The van der Waals surface area contributed by atoms with Gasteiger partial charge in [-0.25, -0.2) is 4.98 Å². The van der Waals surface area contributed by atoms with Crippen molar-refractivity contribution in [3.8, 4) is 0 Å². The second-order valence-corrected chi connectivity index (χ2v) is 8.25. The van der Waals surface area contributed by atoms with E-state index in [2.05, 4.69) is 26.1 Å². The average molecular weight is 292 g/mol. The smallest absolute Gasteiger partial charge is 0.114 e. The summed E-state index contributed by atoms with van der Waals surface area (Å²) in [6.45, 7) is 8.23. The Morgan fingerprint density at radius 2 is 1.95 bits per heavy atom. The number of hydrogen-bond donors (Lipinski definition) is 1. The molecule has 0 radical (unpaired) electrons. The van der Waals surface area contributed by atoms with Crippen molar-refractivity contribution in [2.75, 3.05) is 6.54 Å². The van der Waals surface area contributed by atoms with E-state index in [1.165, 1.54) is 62.1 Å². The van der Waals surface area contributed by atoms with E-state index in [0.717, 1.165) is 6.54 Å². The molecule has 1 fully saturated rings. The van der Waals surface area contributed by atoms with E-state index >= 15 is 0 Å². The molecule has 0 spiro atoms. The van der Waals surface area contributed by atoms with Crippen LogP contribution in [0.15, 0.2) is 0 Å². The molecule has 3 rings (SSSR count). The Balaban J connectivity index is 1.99. The highest BCUT2D eigenvalue weighted by atomic mass is 32.1. The van der Waals surface area contributed by atoms with Gasteiger partial charge < -0.3 is 5.32 Å². The van der Waals surface area contributed by atoms with Crippen LogP contribution in [0, 0.1) is 5.41 Å². The van der Waals surface area contributed by atoms with Crippen molar-refractivity contribution in [3.63, 3.8) is 0 Å². The van der Waals surface area contributed by atoms with E-state index in [9.17, 15) is 0 Å². The summed E-state index contributed by atoms with van der Waals surface area (Å²) < 4.78 is 0. The van der Waals surface area contributed by atoms with E-state index in [-0.39, 0.29) is 5.54 Å². The first kappa shape index (κ1) is 14.5. The van der Waals surface area contributed by atoms with Crippen molar-refractivity contribution in [1.29, 1.82) is 0 Å². The molecule has 0 bridgehead atoms. The highest BCUT2D eigenvalue weighted by molar-refractivity contribution is 7.11. The van der Waals surface area contributed by atoms with Crippen molar-refractivity contribution < 1.29 is 0 Å². The fraction of sp³-hybridized carbons (Fsp3) is 0.824. The van der Waals surface area contributed by atoms with Gasteiger partial charge in [0.25, 0.3) is 0 Å². The molecule has 1 unspecified atom stereocenters. The van der Waals surface area contributed by atoms with Crippen LogP contribution in [-0.4, -0.2) is 11.5 Å². The first-order valence-corrected chi connectivity index (χ1v) is 9.15. The lowest BCUT2D eigenvalue weighted by atomic mass is 9.75. The molecule has 0 aliphatic heterocycles. The normalized spacial score (nSPS) is 28.6. The molecule has 2 aliphatic carbocycles. The maximum absolute atomic E-state index is 5.11. The van der Waals surface area contributed by atoms with Crippen LogP contribution < -0.4 is 5.32 Å². The van der Waals surface area contributed by atoms with Gasteiger partial charge in [0.2, 0.25) is 0 Å². The Hall–Kier alpha value is -0.410. The Morgan fingerprint density at radius 3 is 2.60 bits per heavy atom. The summed E-state index contributed by atoms with van der Waals surface area (Å²) in [5, 5.41) is 5.30. The molecule has 2 nitrogen and oxygen atoms in total. The monoisotopic (exact) mass is 292 g/mol. The lowest BCUT2D eigenvalue weighted by molar-refractivity contribution is 0.156. The van der Waals surface area contributed by atoms with Crippen LogP contribution >= 0.6 is 11.3 Å². The molecular formula is C17H28N2S. The maximum atomic E-state index is 5.11. The molecule has 2 aliphatic rings. The molecule has 112 valence electrons. The lowest BCUT2D eigenvalue weighted by Gasteiger charge is -2.41. The van der Waals surface area contributed by atoms with Crippen molar-refractivity contribution in [1.82, 2.24) is 10.3 Å². The molecule has 1 saturated carbocycles. The van der Waals surface area contributed by atoms with Crippen LogP contribution in [0.1, 0.15) is 74.9 Å². The van der Waals surface area contributed by atoms with Crippen molar-refractivity contribution in [2.45, 2.75) is 77.7 Å². The van der Waals surface area contributed by atoms with Crippen LogP contribution in [0.3, 0.4) is 0 Å². The summed E-state index contributed by atoms with van der Waals surface area (Å²) in [5.74, 6) is 0. The fourth-order valence-electron chi connectivity index (χ4n) is 4.02. The summed E-state index contributed by atoms with van der Waals surface area (Å²) in [5.41, 5.74) is 1.87. The predicted octanol–water partition coefficient (Wildman–Crippen LogP) is 4.43. The number of aryl methyl sites for hydroxylation is 2. The summed E-state index contributed by atoms with van der Waals surface area (Å²) >= 11 is 2.01. The summed E-state index contributed by atoms with van der Waals surface area (Å²) in [6, 6.07) is 0. The van der Waals surface area contributed by atoms with Crippen LogP contribution in [0.25, 0.3) is 0 Å². The highest BCUT2D eigenvalue weighted by Gasteiger charge is 2.51. The van der Waals surface area contributed by atoms with Crippen LogP contribution in [-0.2, 0) is 18.4 Å². The third-order valence-corrected chi connectivity index (χ3v) is 6.72. The lowest BCUT2D eigenvalue weighted by Crippen LogP contribution is -2.50. The highest BCUT2D eigenvalue weighted by Crippen LogP contribution is 2.53. The van der Waals surface area contributed by atoms with Crippen LogP contribution in [0.4, 0.5) is 0 Å². The molecule has 1 N–H and O–H groups in total. The van der Waals surface area contributed by atoms with E-state index in [4.69, 9.17) is 4.98 Å². The Kier molecular flexibility index (Phi) is 3.93. The zero-order valence-corrected chi connectivity index (χ0v) is 14.0. The largest absolute Gasteiger partial charge is 0.305 e. The molecule has 0 saturated heterocycles. The molecule has 0 aromatic carbocycles. The third-order valence-electron chi connectivity index (χ3n) is 5.40. The van der Waals surface area contributed by atoms with E-state index in [1.807, 2.05) is 11.3 Å². The quantitative estimate of drug-likeness (QED) is 0.888. The van der Waals surface area contributed by atoms with Crippen molar-refractivity contribution >= 4 is 11.3 Å². The zero-order chi connectivity index (χ0) is 14.2. The molecule has 3 heteroatoms. The third kappa shape index (κ3) is 2.23. The number of aromatic nitrogens is 1. The van der Waals surface area contributed by atoms with Gasteiger partial charge in [0, 0.05) is 4.88 Å². The summed E-state index contributed by atoms with van der Waals surface area (Å²) in [7, 11) is 0. The zero-order valence-electron chi connectivity index (χ0n) is 13.2. The summed E-state index contributed by atoms with van der Waals surface area (Å²) in [4.78, 5) is 6.69. The Bertz CT molecular complexity index is 454. The maximum Gasteiger partial charge on any atom is 0.114 e. The van der Waals surface area contributed by atoms with Gasteiger partial charge >= 0.3 is 0 Å². The Morgan fingerprint density at radius 1 is 1.15 bits per heavy atom. The first-order chi connectivity index (χ1) is 9.59. The molecule has 20 heavy (non-hydrogen) atoms. The molecule has 1 aromatic heterocycles. The first-order valence-electron chi connectivity index (χ1n) is 8.33. The summed E-state index contributed by atoms with van der Waals surface area (Å²) in [6.07, 6.45) is 10.2. The van der Waals surface area contributed by atoms with Crippen LogP contribution in [0.2, 0.25) is 0 Å². The minimum Gasteiger partial charge on any atom is -0.305 e. The van der Waals surface area contributed by atoms with Crippen molar-refractivity contribution in [3.05, 3.63) is 15.6 Å². The Labute approximate surface area is 127 Å². The SMILES string of the molecule is CCCNC1(c2nc3c(s2)CCCC3)CCCC1(C)C. The molecule has 1 atom stereocenters. The number of thiazole rings is 1. The second-order valence-electron chi connectivity index (χ2n) is 7.17. The predicted molar refractivity (Wildman–Crippen MR) is 86.4 cm³/mol. The minimum atomic E-state index is 0.130. The fourth-order valence-corrected chi connectivity index (χ4v) is 5.55. The van der Waals surface area contributed by atoms with Gasteiger partial charge in [-0.3, -0.25) is 0 Å². The molecule has 1 heterocycles. The molecule has 1 aromatic rings. The average Bonchev–Trinajstić information content (AvgIpc) is 2.97. The van der Waals surface area contributed by atoms with Gasteiger partial charge in [0.1, 0.15) is 5.01 Å². The second kappa shape index (κ2) is 5.42. The van der Waals surface area contributed by atoms with Gasteiger partial charge in [-0.15, -0.1) is 11.3 Å². The minimum absolute atomic E-state index is 0.130. The van der Waals surface area contributed by atoms with Gasteiger partial charge in [-0.05, 0) is 56.9 Å². The van der Waals surface area contributed by atoms with Crippen molar-refractivity contribution in [2.24, 2.45) is 5.41 Å². The van der Waals surface area contributed by atoms with E-state index in [1.54, 1.807) is 4.88 Å². The number of fused-ring (bicyclic) bond motifs is 1. The van der Waals surface area contributed by atoms with E-state index < -0.39 is 0 Å². The number of rotatable bonds is 4. The van der Waals surface area contributed by atoms with E-state index in [0.29, 0.717) is 5.41 Å². The molecular weight excluding hydrogens is 264 g/mol. The number of nitrogens with one attached hydrogen (secondary N) is 1. The van der Waals surface area contributed by atoms with Gasteiger partial charge in [-0.1, -0.05) is 27.2 Å². The number of hydrogen-bond acceptors (Lipinski definition) is 3. The molecule has 0 amide bonds. The van der Waals surface area contributed by atoms with Gasteiger partial charge in [-0.2, -0.15) is 0 Å². The van der Waals surface area contributed by atoms with Gasteiger partial charge in [0.15, 0.2) is 0 Å². The standard InChI is InChI=1S/C17H28N2S/c1-4-12-18-17(11-7-10-16(17,2)3)15-19-13-8-5-6-9-14(13)20-15/h18H,4-12H2,1-3H3. The van der Waals surface area contributed by atoms with Crippen LogP contribution in [0.5, 0.6) is 0 Å². The number of nitrogens with zero attached hydrogens (tertiary/aromatic N) is 1. The van der Waals surface area contributed by atoms with Gasteiger partial charge in [0.05, 0.1) is 11.2 Å².